The number of aliphatic hydroxyl groups is 1. The number of aliphatic hydroxyl groups excluding tert-OH is 1. The van der Waals surface area contributed by atoms with Crippen LogP contribution in [0.3, 0.4) is 0 Å². The normalized spacial score (nSPS) is 52.8. The van der Waals surface area contributed by atoms with E-state index in [1.54, 1.807) is 0 Å². The Labute approximate surface area is 84.0 Å². The van der Waals surface area contributed by atoms with Crippen LogP contribution in [0.25, 0.3) is 0 Å². The van der Waals surface area contributed by atoms with Crippen molar-refractivity contribution in [2.75, 3.05) is 0 Å². The molecule has 2 saturated carbocycles. The molecule has 0 heterocycles. The summed E-state index contributed by atoms with van der Waals surface area (Å²) < 4.78 is 0. The third kappa shape index (κ3) is 0.789. The summed E-state index contributed by atoms with van der Waals surface area (Å²) in [5.74, 6) is 1.15. The maximum Gasteiger partial charge on any atom is 0.147 e. The van der Waals surface area contributed by atoms with Crippen molar-refractivity contribution in [1.82, 2.24) is 0 Å². The van der Waals surface area contributed by atoms with Gasteiger partial charge in [-0.1, -0.05) is 26.0 Å². The van der Waals surface area contributed by atoms with Crippen molar-refractivity contribution < 1.29 is 9.90 Å². The van der Waals surface area contributed by atoms with E-state index >= 15 is 0 Å². The van der Waals surface area contributed by atoms with Gasteiger partial charge in [0.2, 0.25) is 0 Å². The molecule has 0 aromatic rings. The molecule has 0 saturated heterocycles. The van der Waals surface area contributed by atoms with Crippen molar-refractivity contribution in [3.8, 4) is 0 Å². The second-order valence-electron chi connectivity index (χ2n) is 5.72. The third-order valence-corrected chi connectivity index (χ3v) is 4.48. The van der Waals surface area contributed by atoms with Gasteiger partial charge in [-0.05, 0) is 17.8 Å². The van der Waals surface area contributed by atoms with Crippen LogP contribution in [0.2, 0.25) is 0 Å². The number of hydrogen-bond donors (Lipinski definition) is 1. The summed E-state index contributed by atoms with van der Waals surface area (Å²) in [6, 6.07) is 0. The first-order valence-electron chi connectivity index (χ1n) is 5.42. The van der Waals surface area contributed by atoms with Gasteiger partial charge in [0.05, 0.1) is 6.10 Å². The van der Waals surface area contributed by atoms with Gasteiger partial charge in [-0.15, -0.1) is 0 Å². The summed E-state index contributed by atoms with van der Waals surface area (Å²) >= 11 is 0. The van der Waals surface area contributed by atoms with Gasteiger partial charge in [0.25, 0.3) is 0 Å². The predicted octanol–water partition coefficient (Wildman–Crippen LogP) is 1.39. The van der Waals surface area contributed by atoms with E-state index in [9.17, 15) is 9.90 Å². The number of fused-ring (bicyclic) bond motifs is 5. The molecule has 0 aromatic carbocycles. The van der Waals surface area contributed by atoms with Crippen molar-refractivity contribution in [1.29, 1.82) is 0 Å². The molecular formula is C12H16O2. The van der Waals surface area contributed by atoms with Crippen LogP contribution >= 0.6 is 0 Å². The van der Waals surface area contributed by atoms with Gasteiger partial charge in [-0.3, -0.25) is 4.79 Å². The maximum atomic E-state index is 11.8. The first-order valence-corrected chi connectivity index (χ1v) is 5.42. The fourth-order valence-electron chi connectivity index (χ4n) is 3.77. The van der Waals surface area contributed by atoms with E-state index in [4.69, 9.17) is 0 Å². The fraction of sp³-hybridized carbons (Fsp3) is 0.750. The Morgan fingerprint density at radius 2 is 2.00 bits per heavy atom. The molecule has 14 heavy (non-hydrogen) atoms. The Bertz CT molecular complexity index is 329. The zero-order chi connectivity index (χ0) is 10.1. The van der Waals surface area contributed by atoms with E-state index in [0.29, 0.717) is 11.7 Å². The summed E-state index contributed by atoms with van der Waals surface area (Å²) in [5.41, 5.74) is -0.00144. The SMILES string of the molecule is CC1(C)C[C@H]2[C@H]([C@H]3C=C[C@@H]2C3=O)[C@@H]1O. The van der Waals surface area contributed by atoms with Crippen LogP contribution in [0.5, 0.6) is 0 Å². The first-order chi connectivity index (χ1) is 6.52. The lowest BCUT2D eigenvalue weighted by molar-refractivity contribution is -0.122. The van der Waals surface area contributed by atoms with Gasteiger partial charge < -0.3 is 5.11 Å². The molecule has 0 spiro atoms. The van der Waals surface area contributed by atoms with E-state index in [1.165, 1.54) is 0 Å². The second-order valence-corrected chi connectivity index (χ2v) is 5.72. The van der Waals surface area contributed by atoms with Gasteiger partial charge in [0, 0.05) is 17.8 Å². The molecule has 5 atom stereocenters. The van der Waals surface area contributed by atoms with E-state index in [2.05, 4.69) is 19.9 Å². The van der Waals surface area contributed by atoms with E-state index in [1.807, 2.05) is 6.08 Å². The summed E-state index contributed by atoms with van der Waals surface area (Å²) in [6.07, 6.45) is 4.77. The number of allylic oxidation sites excluding steroid dienone is 2. The third-order valence-electron chi connectivity index (χ3n) is 4.48. The number of ketones is 1. The number of rotatable bonds is 0. The van der Waals surface area contributed by atoms with Crippen molar-refractivity contribution in [3.63, 3.8) is 0 Å². The Balaban J connectivity index is 2.01. The lowest BCUT2D eigenvalue weighted by atomic mass is 9.83. The largest absolute Gasteiger partial charge is 0.392 e. The van der Waals surface area contributed by atoms with Gasteiger partial charge in [-0.25, -0.2) is 0 Å². The van der Waals surface area contributed by atoms with E-state index < -0.39 is 0 Å². The fourth-order valence-corrected chi connectivity index (χ4v) is 3.77. The average molecular weight is 192 g/mol. The Hall–Kier alpha value is -0.630. The zero-order valence-corrected chi connectivity index (χ0v) is 8.60. The Morgan fingerprint density at radius 3 is 2.64 bits per heavy atom. The summed E-state index contributed by atoms with van der Waals surface area (Å²) in [7, 11) is 0. The molecule has 2 bridgehead atoms. The standard InChI is InChI=1S/C12H16O2/c1-12(2)5-8-6-3-4-7(10(6)13)9(8)11(12)14/h3-4,6-9,11,14H,5H2,1-2H3/t6-,7+,8+,9-,11-/m0/s1. The molecule has 0 unspecified atom stereocenters. The highest BCUT2D eigenvalue weighted by atomic mass is 16.3. The topological polar surface area (TPSA) is 37.3 Å². The second kappa shape index (κ2) is 2.30. The molecule has 0 aliphatic heterocycles. The van der Waals surface area contributed by atoms with Gasteiger partial charge >= 0.3 is 0 Å². The quantitative estimate of drug-likeness (QED) is 0.589. The zero-order valence-electron chi connectivity index (χ0n) is 8.60. The maximum absolute atomic E-state index is 11.8. The van der Waals surface area contributed by atoms with E-state index in [0.717, 1.165) is 6.42 Å². The number of carbonyl (C=O) groups is 1. The van der Waals surface area contributed by atoms with Crippen LogP contribution in [0.1, 0.15) is 20.3 Å². The van der Waals surface area contributed by atoms with Crippen LogP contribution in [-0.2, 0) is 4.79 Å². The monoisotopic (exact) mass is 192 g/mol. The van der Waals surface area contributed by atoms with Crippen LogP contribution in [0, 0.1) is 29.1 Å². The predicted molar refractivity (Wildman–Crippen MR) is 52.5 cm³/mol. The van der Waals surface area contributed by atoms with Crippen LogP contribution in [0.15, 0.2) is 12.2 Å². The highest BCUT2D eigenvalue weighted by Crippen LogP contribution is 2.58. The Kier molecular flexibility index (Phi) is 1.42. The summed E-state index contributed by atoms with van der Waals surface area (Å²) in [6.45, 7) is 4.22. The highest BCUT2D eigenvalue weighted by Gasteiger charge is 2.61. The molecule has 3 rings (SSSR count). The Morgan fingerprint density at radius 1 is 1.36 bits per heavy atom. The van der Waals surface area contributed by atoms with Crippen molar-refractivity contribution in [2.45, 2.75) is 26.4 Å². The minimum Gasteiger partial charge on any atom is -0.392 e. The highest BCUT2D eigenvalue weighted by molar-refractivity contribution is 5.92. The van der Waals surface area contributed by atoms with Crippen LogP contribution < -0.4 is 0 Å². The molecule has 76 valence electrons. The molecule has 0 radical (unpaired) electrons. The van der Waals surface area contributed by atoms with E-state index in [-0.39, 0.29) is 29.3 Å². The molecular weight excluding hydrogens is 176 g/mol. The molecule has 2 nitrogen and oxygen atoms in total. The molecule has 3 aliphatic rings. The van der Waals surface area contributed by atoms with Crippen LogP contribution in [-0.4, -0.2) is 17.0 Å². The first kappa shape index (κ1) is 8.66. The van der Waals surface area contributed by atoms with Crippen molar-refractivity contribution in [2.24, 2.45) is 29.1 Å². The smallest absolute Gasteiger partial charge is 0.147 e. The lowest BCUT2D eigenvalue weighted by Gasteiger charge is -2.26. The van der Waals surface area contributed by atoms with Gasteiger partial charge in [-0.2, -0.15) is 0 Å². The number of Topliss-reactive ketones (excluding diaryl/α,β-unsaturated/α-hetero) is 1. The number of carbonyl (C=O) groups excluding carboxylic acids is 1. The molecule has 2 fully saturated rings. The van der Waals surface area contributed by atoms with Crippen molar-refractivity contribution >= 4 is 5.78 Å². The molecule has 3 aliphatic carbocycles. The summed E-state index contributed by atoms with van der Waals surface area (Å²) in [5, 5.41) is 10.2. The molecule has 1 N–H and O–H groups in total. The minimum absolute atomic E-state index is 0.00144. The van der Waals surface area contributed by atoms with Crippen LogP contribution in [0.4, 0.5) is 0 Å². The number of hydrogen-bond acceptors (Lipinski definition) is 2. The average Bonchev–Trinajstić information content (AvgIpc) is 2.65. The molecule has 2 heteroatoms. The van der Waals surface area contributed by atoms with Gasteiger partial charge in [0.15, 0.2) is 0 Å². The van der Waals surface area contributed by atoms with Crippen molar-refractivity contribution in [3.05, 3.63) is 12.2 Å². The minimum atomic E-state index is -0.295. The van der Waals surface area contributed by atoms with Gasteiger partial charge in [0.1, 0.15) is 5.78 Å². The summed E-state index contributed by atoms with van der Waals surface area (Å²) in [4.78, 5) is 11.8. The molecule has 0 aromatic heterocycles. The lowest BCUT2D eigenvalue weighted by Crippen LogP contribution is -2.32. The molecule has 0 amide bonds.